The van der Waals surface area contributed by atoms with Crippen LogP contribution in [0, 0.1) is 5.92 Å². The lowest BCUT2D eigenvalue weighted by Gasteiger charge is -2.40. The van der Waals surface area contributed by atoms with Crippen LogP contribution in [0.5, 0.6) is 0 Å². The van der Waals surface area contributed by atoms with Crippen LogP contribution in [0.4, 0.5) is 10.6 Å². The number of hydrogen-bond acceptors (Lipinski definition) is 5. The van der Waals surface area contributed by atoms with Crippen LogP contribution in [0.1, 0.15) is 54.2 Å². The quantitative estimate of drug-likeness (QED) is 0.733. The summed E-state index contributed by atoms with van der Waals surface area (Å²) in [6, 6.07) is 2.05. The van der Waals surface area contributed by atoms with Crippen molar-refractivity contribution in [2.75, 3.05) is 11.9 Å². The van der Waals surface area contributed by atoms with E-state index in [1.807, 2.05) is 6.07 Å². The summed E-state index contributed by atoms with van der Waals surface area (Å²) in [5.74, 6) is 1.08. The van der Waals surface area contributed by atoms with E-state index in [-0.39, 0.29) is 11.9 Å². The first-order valence-electron chi connectivity index (χ1n) is 9.22. The largest absolute Gasteiger partial charge is 0.465 e. The van der Waals surface area contributed by atoms with Gasteiger partial charge < -0.3 is 15.3 Å². The molecular formula is C17H23N7O3. The van der Waals surface area contributed by atoms with Gasteiger partial charge in [-0.2, -0.15) is 5.10 Å². The molecule has 0 bridgehead atoms. The van der Waals surface area contributed by atoms with Crippen LogP contribution in [0.15, 0.2) is 12.3 Å². The van der Waals surface area contributed by atoms with Gasteiger partial charge in [-0.1, -0.05) is 5.21 Å². The van der Waals surface area contributed by atoms with Gasteiger partial charge in [0.1, 0.15) is 5.69 Å². The Hall–Kier alpha value is -2.91. The maximum atomic E-state index is 12.2. The Morgan fingerprint density at radius 1 is 1.37 bits per heavy atom. The van der Waals surface area contributed by atoms with Gasteiger partial charge in [0.05, 0.1) is 6.20 Å². The van der Waals surface area contributed by atoms with Crippen LogP contribution in [0.3, 0.4) is 0 Å². The number of aryl methyl sites for hydroxylation is 1. The second-order valence-electron chi connectivity index (χ2n) is 7.44. The molecule has 10 nitrogen and oxygen atoms in total. The number of rotatable bonds is 5. The molecule has 2 unspecified atom stereocenters. The number of carbonyl (C=O) groups is 2. The normalized spacial score (nSPS) is 24.6. The van der Waals surface area contributed by atoms with Crippen molar-refractivity contribution >= 4 is 17.8 Å². The molecule has 0 spiro atoms. The molecule has 2 aromatic rings. The van der Waals surface area contributed by atoms with E-state index >= 15 is 0 Å². The van der Waals surface area contributed by atoms with Crippen molar-refractivity contribution in [2.45, 2.75) is 44.1 Å². The molecule has 2 amide bonds. The average molecular weight is 373 g/mol. The topological polar surface area (TPSA) is 129 Å². The zero-order valence-corrected chi connectivity index (χ0v) is 15.1. The summed E-state index contributed by atoms with van der Waals surface area (Å²) in [6.45, 7) is 0.659. The summed E-state index contributed by atoms with van der Waals surface area (Å²) in [5, 5.41) is 26.6. The molecule has 27 heavy (non-hydrogen) atoms. The number of aromatic amines is 1. The number of likely N-dealkylation sites (tertiary alicyclic amines) is 1. The molecule has 3 N–H and O–H groups in total. The van der Waals surface area contributed by atoms with Gasteiger partial charge in [0.25, 0.3) is 5.91 Å². The Labute approximate surface area is 155 Å². The maximum absolute atomic E-state index is 12.2. The number of nitrogens with zero attached hydrogens (tertiary/aromatic N) is 5. The zero-order chi connectivity index (χ0) is 19.0. The number of nitrogens with one attached hydrogen (secondary N) is 2. The van der Waals surface area contributed by atoms with Crippen molar-refractivity contribution in [2.24, 2.45) is 13.0 Å². The fourth-order valence-electron chi connectivity index (χ4n) is 4.18. The smallest absolute Gasteiger partial charge is 0.407 e. The lowest BCUT2D eigenvalue weighted by molar-refractivity contribution is 0.0636. The van der Waals surface area contributed by atoms with Crippen LogP contribution < -0.4 is 5.32 Å². The summed E-state index contributed by atoms with van der Waals surface area (Å²) in [5.41, 5.74) is 1.38. The van der Waals surface area contributed by atoms with E-state index in [1.54, 1.807) is 11.9 Å². The number of hydrogen-bond donors (Lipinski definition) is 3. The Bertz CT molecular complexity index is 845. The molecule has 3 heterocycles. The predicted octanol–water partition coefficient (Wildman–Crippen LogP) is 1.82. The molecule has 1 aliphatic heterocycles. The zero-order valence-electron chi connectivity index (χ0n) is 15.1. The van der Waals surface area contributed by atoms with Crippen LogP contribution >= 0.6 is 0 Å². The minimum atomic E-state index is -0.807. The van der Waals surface area contributed by atoms with Gasteiger partial charge in [0, 0.05) is 37.3 Å². The molecule has 10 heteroatoms. The van der Waals surface area contributed by atoms with E-state index in [0.717, 1.165) is 37.8 Å². The van der Waals surface area contributed by atoms with Crippen LogP contribution in [-0.2, 0) is 7.05 Å². The molecular weight excluding hydrogens is 350 g/mol. The third kappa shape index (κ3) is 3.51. The second kappa shape index (κ2) is 7.01. The van der Waals surface area contributed by atoms with E-state index in [9.17, 15) is 9.59 Å². The first kappa shape index (κ1) is 17.5. The molecule has 0 aromatic carbocycles. The standard InChI is InChI=1S/C17H23N7O3/c1-23-14(9-18-22-23)16(25)19-15-8-13(20-21-15)11-3-2-10(6-11)7-12-4-5-24(12)17(26)27/h8-12H,2-7H2,1H3,(H,26,27)(H2,19,20,21,25)/t10?,11?,12-/m1/s1. The average Bonchev–Trinajstić information content (AvgIpc) is 3.31. The Morgan fingerprint density at radius 3 is 2.89 bits per heavy atom. The molecule has 3 atom stereocenters. The van der Waals surface area contributed by atoms with E-state index in [4.69, 9.17) is 5.11 Å². The van der Waals surface area contributed by atoms with Crippen molar-refractivity contribution in [1.82, 2.24) is 30.1 Å². The number of carboxylic acid groups (broad SMARTS) is 1. The molecule has 2 fully saturated rings. The first-order valence-corrected chi connectivity index (χ1v) is 9.22. The van der Waals surface area contributed by atoms with Gasteiger partial charge in [-0.25, -0.2) is 9.48 Å². The molecule has 0 radical (unpaired) electrons. The SMILES string of the molecule is Cn1nncc1C(=O)Nc1cc(C2CCC(C[C@H]3CCN3C(=O)O)C2)[nH]n1. The van der Waals surface area contributed by atoms with Gasteiger partial charge in [0.15, 0.2) is 5.82 Å². The Morgan fingerprint density at radius 2 is 2.22 bits per heavy atom. The molecule has 2 aromatic heterocycles. The van der Waals surface area contributed by atoms with Crippen molar-refractivity contribution in [3.05, 3.63) is 23.7 Å². The van der Waals surface area contributed by atoms with E-state index < -0.39 is 6.09 Å². The van der Waals surface area contributed by atoms with Crippen molar-refractivity contribution < 1.29 is 14.7 Å². The van der Waals surface area contributed by atoms with Crippen LogP contribution in [0.25, 0.3) is 0 Å². The highest BCUT2D eigenvalue weighted by Crippen LogP contribution is 2.41. The van der Waals surface area contributed by atoms with Crippen molar-refractivity contribution in [3.63, 3.8) is 0 Å². The number of carbonyl (C=O) groups excluding carboxylic acids is 1. The van der Waals surface area contributed by atoms with Gasteiger partial charge in [-0.05, 0) is 38.0 Å². The van der Waals surface area contributed by atoms with Gasteiger partial charge in [-0.15, -0.1) is 5.10 Å². The van der Waals surface area contributed by atoms with E-state index in [2.05, 4.69) is 25.8 Å². The summed E-state index contributed by atoms with van der Waals surface area (Å²) < 4.78 is 1.41. The Kier molecular flexibility index (Phi) is 4.54. The lowest BCUT2D eigenvalue weighted by Crippen LogP contribution is -2.51. The minimum absolute atomic E-state index is 0.176. The van der Waals surface area contributed by atoms with E-state index in [1.165, 1.54) is 10.9 Å². The van der Waals surface area contributed by atoms with E-state index in [0.29, 0.717) is 29.9 Å². The maximum Gasteiger partial charge on any atom is 0.407 e. The molecule has 144 valence electrons. The lowest BCUT2D eigenvalue weighted by atomic mass is 9.90. The second-order valence-corrected chi connectivity index (χ2v) is 7.44. The summed E-state index contributed by atoms with van der Waals surface area (Å²) in [7, 11) is 1.66. The first-order chi connectivity index (χ1) is 13.0. The predicted molar refractivity (Wildman–Crippen MR) is 95.4 cm³/mol. The fraction of sp³-hybridized carbons (Fsp3) is 0.588. The van der Waals surface area contributed by atoms with Gasteiger partial charge >= 0.3 is 6.09 Å². The molecule has 1 aliphatic carbocycles. The van der Waals surface area contributed by atoms with Gasteiger partial charge in [0.2, 0.25) is 0 Å². The summed E-state index contributed by atoms with van der Waals surface area (Å²) in [6.07, 6.45) is 5.67. The fourth-order valence-corrected chi connectivity index (χ4v) is 4.18. The summed E-state index contributed by atoms with van der Waals surface area (Å²) >= 11 is 0. The molecule has 1 saturated heterocycles. The van der Waals surface area contributed by atoms with Crippen molar-refractivity contribution in [1.29, 1.82) is 0 Å². The molecule has 2 aliphatic rings. The number of H-pyrrole nitrogens is 1. The highest BCUT2D eigenvalue weighted by molar-refractivity contribution is 6.02. The Balaban J connectivity index is 1.32. The molecule has 1 saturated carbocycles. The molecule has 4 rings (SSSR count). The van der Waals surface area contributed by atoms with Crippen molar-refractivity contribution in [3.8, 4) is 0 Å². The van der Waals surface area contributed by atoms with Crippen LogP contribution in [-0.4, -0.2) is 59.8 Å². The third-order valence-electron chi connectivity index (χ3n) is 5.76. The summed E-state index contributed by atoms with van der Waals surface area (Å²) in [4.78, 5) is 24.9. The number of anilines is 1. The van der Waals surface area contributed by atoms with Gasteiger partial charge in [-0.3, -0.25) is 9.89 Å². The highest BCUT2D eigenvalue weighted by atomic mass is 16.4. The number of amides is 2. The van der Waals surface area contributed by atoms with Crippen LogP contribution in [0.2, 0.25) is 0 Å². The highest BCUT2D eigenvalue weighted by Gasteiger charge is 2.36. The third-order valence-corrected chi connectivity index (χ3v) is 5.76. The monoisotopic (exact) mass is 373 g/mol. The minimum Gasteiger partial charge on any atom is -0.465 e. The number of aromatic nitrogens is 5.